The van der Waals surface area contributed by atoms with E-state index in [-0.39, 0.29) is 5.84 Å². The number of aliphatic imine (C=N–C) groups is 2. The maximum atomic E-state index is 8.07. The topological polar surface area (TPSA) is 57.3 Å². The van der Waals surface area contributed by atoms with E-state index in [1.54, 1.807) is 6.92 Å². The fraction of sp³-hybridized carbons (Fsp3) is 0.250. The quantitative estimate of drug-likeness (QED) is 0.354. The highest BCUT2D eigenvalue weighted by Crippen LogP contribution is 1.89. The van der Waals surface area contributed by atoms with Gasteiger partial charge in [-0.2, -0.15) is 0 Å². The molecule has 0 saturated carbocycles. The Labute approximate surface area is 46.3 Å². The molecule has 1 N–H and O–H groups in total. The molecule has 42 valence electrons. The van der Waals surface area contributed by atoms with E-state index < -0.39 is 0 Å². The summed E-state index contributed by atoms with van der Waals surface area (Å²) in [4.78, 5) is 7.42. The number of rotatable bonds is 0. The van der Waals surface area contributed by atoms with Gasteiger partial charge in [-0.1, -0.05) is 5.16 Å². The van der Waals surface area contributed by atoms with Crippen LogP contribution >= 0.6 is 0 Å². The van der Waals surface area contributed by atoms with Gasteiger partial charge in [-0.05, 0) is 6.92 Å². The zero-order chi connectivity index (χ0) is 5.98. The fourth-order valence-electron chi connectivity index (χ4n) is 0.423. The molecule has 0 aromatic carbocycles. The van der Waals surface area contributed by atoms with Crippen molar-refractivity contribution in [3.05, 3.63) is 0 Å². The van der Waals surface area contributed by atoms with Crippen LogP contribution in [0, 0.1) is 0 Å². The van der Waals surface area contributed by atoms with Crippen molar-refractivity contribution in [2.24, 2.45) is 15.1 Å². The second-order valence-corrected chi connectivity index (χ2v) is 1.38. The van der Waals surface area contributed by atoms with Gasteiger partial charge < -0.3 is 5.21 Å². The van der Waals surface area contributed by atoms with Gasteiger partial charge in [0, 0.05) is 0 Å². The Morgan fingerprint density at radius 2 is 2.50 bits per heavy atom. The molecule has 0 aromatic rings. The molecule has 0 amide bonds. The lowest BCUT2D eigenvalue weighted by molar-refractivity contribution is 0.320. The lowest BCUT2D eigenvalue weighted by Gasteiger charge is -1.75. The molecule has 0 aliphatic carbocycles. The molecule has 0 radical (unpaired) electrons. The second kappa shape index (κ2) is 1.73. The molecule has 0 atom stereocenters. The Bertz CT molecular complexity index is 180. The Kier molecular flexibility index (Phi) is 1.07. The zero-order valence-corrected chi connectivity index (χ0v) is 4.37. The molecule has 0 unspecified atom stereocenters. The lowest BCUT2D eigenvalue weighted by atomic mass is 10.7. The molecule has 0 saturated heterocycles. The van der Waals surface area contributed by atoms with Crippen molar-refractivity contribution in [3.63, 3.8) is 0 Å². The average Bonchev–Trinajstić information content (AvgIpc) is 2.14. The third-order valence-electron chi connectivity index (χ3n) is 0.746. The number of oxime groups is 1. The predicted molar refractivity (Wildman–Crippen MR) is 30.8 cm³/mol. The minimum atomic E-state index is 0.266. The fourth-order valence-corrected chi connectivity index (χ4v) is 0.423. The summed E-state index contributed by atoms with van der Waals surface area (Å²) in [5.74, 6) is 0.889. The minimum absolute atomic E-state index is 0.266. The standard InChI is InChI=1S/C4H5N3O/c1-3-5-2-4(6-3)7-8/h2,8H,1H3. The third kappa shape index (κ3) is 0.726. The number of nitrogens with zero attached hydrogens (tertiary/aromatic N) is 3. The zero-order valence-electron chi connectivity index (χ0n) is 4.37. The first-order valence-electron chi connectivity index (χ1n) is 2.14. The van der Waals surface area contributed by atoms with Crippen LogP contribution in [0.15, 0.2) is 15.1 Å². The summed E-state index contributed by atoms with van der Waals surface area (Å²) in [6.07, 6.45) is 1.40. The van der Waals surface area contributed by atoms with Gasteiger partial charge in [0.2, 0.25) is 5.84 Å². The van der Waals surface area contributed by atoms with Gasteiger partial charge in [0.05, 0.1) is 6.21 Å². The Morgan fingerprint density at radius 1 is 1.75 bits per heavy atom. The van der Waals surface area contributed by atoms with Crippen LogP contribution in [0.2, 0.25) is 0 Å². The minimum Gasteiger partial charge on any atom is -0.409 e. The van der Waals surface area contributed by atoms with E-state index in [0.717, 1.165) is 0 Å². The van der Waals surface area contributed by atoms with Crippen molar-refractivity contribution < 1.29 is 5.21 Å². The Morgan fingerprint density at radius 3 is 2.75 bits per heavy atom. The summed E-state index contributed by atoms with van der Waals surface area (Å²) in [5, 5.41) is 10.9. The SMILES string of the molecule is CC1=NC(=NO)C=N1. The van der Waals surface area contributed by atoms with Crippen molar-refractivity contribution in [3.8, 4) is 0 Å². The number of hydrogen-bond donors (Lipinski definition) is 1. The van der Waals surface area contributed by atoms with Crippen LogP contribution in [-0.2, 0) is 0 Å². The smallest absolute Gasteiger partial charge is 0.211 e. The van der Waals surface area contributed by atoms with Crippen molar-refractivity contribution in [1.82, 2.24) is 0 Å². The van der Waals surface area contributed by atoms with E-state index in [4.69, 9.17) is 5.21 Å². The highest BCUT2D eigenvalue weighted by atomic mass is 16.4. The normalized spacial score (nSPS) is 22.1. The highest BCUT2D eigenvalue weighted by molar-refractivity contribution is 6.36. The van der Waals surface area contributed by atoms with Crippen LogP contribution in [0.3, 0.4) is 0 Å². The summed E-state index contributed by atoms with van der Waals surface area (Å²) in [6.45, 7) is 1.73. The number of hydrogen-bond acceptors (Lipinski definition) is 3. The molecule has 8 heavy (non-hydrogen) atoms. The first kappa shape index (κ1) is 4.96. The van der Waals surface area contributed by atoms with E-state index in [0.29, 0.717) is 5.84 Å². The summed E-state index contributed by atoms with van der Waals surface area (Å²) >= 11 is 0. The largest absolute Gasteiger partial charge is 0.409 e. The molecule has 1 rings (SSSR count). The van der Waals surface area contributed by atoms with E-state index in [2.05, 4.69) is 15.1 Å². The van der Waals surface area contributed by atoms with E-state index in [9.17, 15) is 0 Å². The Hall–Kier alpha value is -1.19. The Balaban J connectivity index is 2.84. The maximum absolute atomic E-state index is 8.07. The van der Waals surface area contributed by atoms with Crippen molar-refractivity contribution in [2.75, 3.05) is 0 Å². The van der Waals surface area contributed by atoms with Gasteiger partial charge in [0.15, 0.2) is 0 Å². The van der Waals surface area contributed by atoms with Gasteiger partial charge in [-0.25, -0.2) is 9.98 Å². The molecule has 0 spiro atoms. The van der Waals surface area contributed by atoms with E-state index >= 15 is 0 Å². The molecule has 4 heteroatoms. The molecular weight excluding hydrogens is 106 g/mol. The van der Waals surface area contributed by atoms with Crippen LogP contribution < -0.4 is 0 Å². The predicted octanol–water partition coefficient (Wildman–Crippen LogP) is 0.277. The van der Waals surface area contributed by atoms with Crippen LogP contribution in [0.1, 0.15) is 6.92 Å². The molecule has 4 nitrogen and oxygen atoms in total. The van der Waals surface area contributed by atoms with Gasteiger partial charge in [-0.3, -0.25) is 0 Å². The molecule has 0 aromatic heterocycles. The van der Waals surface area contributed by atoms with Crippen LogP contribution in [-0.4, -0.2) is 23.1 Å². The first-order valence-corrected chi connectivity index (χ1v) is 2.14. The van der Waals surface area contributed by atoms with Crippen LogP contribution in [0.4, 0.5) is 0 Å². The van der Waals surface area contributed by atoms with E-state index in [1.807, 2.05) is 0 Å². The molecule has 1 heterocycles. The molecule has 0 bridgehead atoms. The first-order chi connectivity index (χ1) is 3.83. The van der Waals surface area contributed by atoms with Gasteiger partial charge in [0.1, 0.15) is 5.84 Å². The van der Waals surface area contributed by atoms with Crippen molar-refractivity contribution >= 4 is 17.9 Å². The highest BCUT2D eigenvalue weighted by Gasteiger charge is 1.99. The summed E-state index contributed by atoms with van der Waals surface area (Å²) in [7, 11) is 0. The maximum Gasteiger partial charge on any atom is 0.211 e. The molecular formula is C4H5N3O. The monoisotopic (exact) mass is 111 g/mol. The lowest BCUT2D eigenvalue weighted by Crippen LogP contribution is -1.88. The molecule has 0 fully saturated rings. The number of amidine groups is 2. The van der Waals surface area contributed by atoms with Crippen LogP contribution in [0.25, 0.3) is 0 Å². The van der Waals surface area contributed by atoms with Crippen molar-refractivity contribution in [1.29, 1.82) is 0 Å². The van der Waals surface area contributed by atoms with Gasteiger partial charge >= 0.3 is 0 Å². The van der Waals surface area contributed by atoms with Gasteiger partial charge in [0.25, 0.3) is 0 Å². The summed E-state index contributed by atoms with van der Waals surface area (Å²) in [5.41, 5.74) is 0. The summed E-state index contributed by atoms with van der Waals surface area (Å²) < 4.78 is 0. The van der Waals surface area contributed by atoms with E-state index in [1.165, 1.54) is 6.21 Å². The second-order valence-electron chi connectivity index (χ2n) is 1.38. The van der Waals surface area contributed by atoms with Crippen molar-refractivity contribution in [2.45, 2.75) is 6.92 Å². The molecule has 1 aliphatic heterocycles. The average molecular weight is 111 g/mol. The van der Waals surface area contributed by atoms with Crippen LogP contribution in [0.5, 0.6) is 0 Å². The third-order valence-corrected chi connectivity index (χ3v) is 0.746. The molecule has 1 aliphatic rings. The van der Waals surface area contributed by atoms with Gasteiger partial charge in [-0.15, -0.1) is 0 Å². The summed E-state index contributed by atoms with van der Waals surface area (Å²) in [6, 6.07) is 0.